The van der Waals surface area contributed by atoms with Crippen LogP contribution in [-0.4, -0.2) is 31.7 Å². The predicted molar refractivity (Wildman–Crippen MR) is 94.0 cm³/mol. The average molecular weight is 380 g/mol. The summed E-state index contributed by atoms with van der Waals surface area (Å²) in [5.74, 6) is -1.38. The molecule has 2 rings (SSSR count). The van der Waals surface area contributed by atoms with Crippen LogP contribution in [0.4, 0.5) is 0 Å². The molecule has 0 saturated carbocycles. The normalized spacial score (nSPS) is 12.5. The Morgan fingerprint density at radius 3 is 2.50 bits per heavy atom. The number of carbonyl (C=O) groups is 2. The maximum atomic E-state index is 12.4. The number of rotatable bonds is 8. The quantitative estimate of drug-likeness (QED) is 0.638. The van der Waals surface area contributed by atoms with Crippen LogP contribution in [-0.2, 0) is 21.4 Å². The number of hydrogen-bond acceptors (Lipinski definition) is 5. The summed E-state index contributed by atoms with van der Waals surface area (Å²) in [6, 6.07) is 9.35. The van der Waals surface area contributed by atoms with Crippen molar-refractivity contribution in [3.05, 3.63) is 59.0 Å². The number of furan rings is 1. The molecular formula is C17H20N2O6S. The number of amides is 1. The van der Waals surface area contributed by atoms with E-state index in [4.69, 9.17) is 9.52 Å². The number of carboxylic acids is 1. The molecule has 1 unspecified atom stereocenters. The number of benzene rings is 1. The molecule has 0 radical (unpaired) electrons. The molecule has 0 fully saturated rings. The van der Waals surface area contributed by atoms with Gasteiger partial charge in [-0.05, 0) is 30.2 Å². The molecule has 9 heteroatoms. The van der Waals surface area contributed by atoms with Gasteiger partial charge in [-0.15, -0.1) is 0 Å². The summed E-state index contributed by atoms with van der Waals surface area (Å²) in [5.41, 5.74) is 1.56. The van der Waals surface area contributed by atoms with Gasteiger partial charge in [0.1, 0.15) is 5.76 Å². The third-order valence-electron chi connectivity index (χ3n) is 3.64. The zero-order chi connectivity index (χ0) is 19.3. The van der Waals surface area contributed by atoms with Gasteiger partial charge in [0.15, 0.2) is 5.76 Å². The van der Waals surface area contributed by atoms with Gasteiger partial charge in [0.25, 0.3) is 5.91 Å². The highest BCUT2D eigenvalue weighted by molar-refractivity contribution is 7.88. The van der Waals surface area contributed by atoms with Crippen molar-refractivity contribution in [2.45, 2.75) is 25.9 Å². The summed E-state index contributed by atoms with van der Waals surface area (Å²) in [4.78, 5) is 23.6. The molecule has 0 aliphatic carbocycles. The summed E-state index contributed by atoms with van der Waals surface area (Å²) in [6.45, 7) is 1.75. The molecule has 1 amide bonds. The lowest BCUT2D eigenvalue weighted by molar-refractivity contribution is -0.137. The van der Waals surface area contributed by atoms with Crippen molar-refractivity contribution in [2.75, 3.05) is 6.26 Å². The minimum atomic E-state index is -3.38. The van der Waals surface area contributed by atoms with Gasteiger partial charge in [-0.1, -0.05) is 24.3 Å². The average Bonchev–Trinajstić information content (AvgIpc) is 3.01. The molecule has 1 aromatic heterocycles. The number of sulfonamides is 1. The van der Waals surface area contributed by atoms with E-state index in [0.717, 1.165) is 11.8 Å². The lowest BCUT2D eigenvalue weighted by Crippen LogP contribution is -2.30. The van der Waals surface area contributed by atoms with Gasteiger partial charge in [0, 0.05) is 0 Å². The van der Waals surface area contributed by atoms with Crippen LogP contribution in [0, 0.1) is 6.92 Å². The van der Waals surface area contributed by atoms with Crippen molar-refractivity contribution >= 4 is 21.9 Å². The number of aryl methyl sites for hydroxylation is 1. The Bertz CT molecular complexity index is 903. The smallest absolute Gasteiger partial charge is 0.305 e. The van der Waals surface area contributed by atoms with Gasteiger partial charge in [0.2, 0.25) is 10.0 Å². The highest BCUT2D eigenvalue weighted by atomic mass is 32.2. The molecule has 1 atom stereocenters. The topological polar surface area (TPSA) is 126 Å². The van der Waals surface area contributed by atoms with Gasteiger partial charge in [-0.2, -0.15) is 0 Å². The van der Waals surface area contributed by atoms with Gasteiger partial charge in [-0.3, -0.25) is 9.59 Å². The summed E-state index contributed by atoms with van der Waals surface area (Å²) in [6.07, 6.45) is 0.738. The Morgan fingerprint density at radius 1 is 1.19 bits per heavy atom. The first-order valence-electron chi connectivity index (χ1n) is 7.77. The molecule has 140 valence electrons. The number of nitrogens with one attached hydrogen (secondary N) is 2. The van der Waals surface area contributed by atoms with E-state index >= 15 is 0 Å². The van der Waals surface area contributed by atoms with Crippen LogP contribution in [0.2, 0.25) is 0 Å². The van der Waals surface area contributed by atoms with Crippen LogP contribution in [0.25, 0.3) is 0 Å². The zero-order valence-electron chi connectivity index (χ0n) is 14.4. The number of aliphatic carboxylic acids is 1. The van der Waals surface area contributed by atoms with Crippen LogP contribution >= 0.6 is 0 Å². The van der Waals surface area contributed by atoms with E-state index < -0.39 is 27.9 Å². The fourth-order valence-electron chi connectivity index (χ4n) is 2.42. The monoisotopic (exact) mass is 380 g/mol. The van der Waals surface area contributed by atoms with Crippen molar-refractivity contribution in [2.24, 2.45) is 0 Å². The van der Waals surface area contributed by atoms with Gasteiger partial charge in [0.05, 0.1) is 25.3 Å². The van der Waals surface area contributed by atoms with E-state index in [1.54, 1.807) is 12.1 Å². The van der Waals surface area contributed by atoms with E-state index in [1.165, 1.54) is 12.1 Å². The van der Waals surface area contributed by atoms with E-state index in [-0.39, 0.29) is 24.5 Å². The first-order valence-corrected chi connectivity index (χ1v) is 9.66. The molecule has 0 aliphatic heterocycles. The first kappa shape index (κ1) is 19.7. The maximum Gasteiger partial charge on any atom is 0.305 e. The minimum Gasteiger partial charge on any atom is -0.481 e. The van der Waals surface area contributed by atoms with Crippen molar-refractivity contribution in [3.63, 3.8) is 0 Å². The highest BCUT2D eigenvalue weighted by Crippen LogP contribution is 2.21. The van der Waals surface area contributed by atoms with Gasteiger partial charge < -0.3 is 14.8 Å². The van der Waals surface area contributed by atoms with Crippen molar-refractivity contribution < 1.29 is 27.5 Å². The highest BCUT2D eigenvalue weighted by Gasteiger charge is 2.22. The van der Waals surface area contributed by atoms with Crippen LogP contribution in [0.15, 0.2) is 40.8 Å². The Labute approximate surface area is 151 Å². The second-order valence-electron chi connectivity index (χ2n) is 5.84. The summed E-state index contributed by atoms with van der Waals surface area (Å²) in [7, 11) is -3.38. The number of hydrogen-bond donors (Lipinski definition) is 3. The van der Waals surface area contributed by atoms with Gasteiger partial charge >= 0.3 is 5.97 Å². The maximum absolute atomic E-state index is 12.4. The lowest BCUT2D eigenvalue weighted by atomic mass is 9.98. The van der Waals surface area contributed by atoms with E-state index in [1.807, 2.05) is 19.1 Å². The van der Waals surface area contributed by atoms with Crippen molar-refractivity contribution in [1.29, 1.82) is 0 Å². The molecule has 1 heterocycles. The molecule has 0 aliphatic rings. The van der Waals surface area contributed by atoms with Crippen LogP contribution in [0.1, 0.15) is 39.9 Å². The second kappa shape index (κ2) is 8.15. The molecular weight excluding hydrogens is 360 g/mol. The van der Waals surface area contributed by atoms with Crippen LogP contribution in [0.3, 0.4) is 0 Å². The Hall–Kier alpha value is -2.65. The lowest BCUT2D eigenvalue weighted by Gasteiger charge is -2.18. The first-order chi connectivity index (χ1) is 12.2. The van der Waals surface area contributed by atoms with E-state index in [2.05, 4.69) is 10.0 Å². The molecule has 8 nitrogen and oxygen atoms in total. The molecule has 3 N–H and O–H groups in total. The number of carbonyl (C=O) groups excluding carboxylic acids is 1. The summed E-state index contributed by atoms with van der Waals surface area (Å²) in [5, 5.41) is 11.8. The Kier molecular flexibility index (Phi) is 6.17. The van der Waals surface area contributed by atoms with E-state index in [0.29, 0.717) is 5.56 Å². The third kappa shape index (κ3) is 5.71. The number of carboxylic acid groups (broad SMARTS) is 1. The summed E-state index contributed by atoms with van der Waals surface area (Å²) < 4.78 is 29.8. The van der Waals surface area contributed by atoms with Crippen molar-refractivity contribution in [3.8, 4) is 0 Å². The second-order valence-corrected chi connectivity index (χ2v) is 7.67. The van der Waals surface area contributed by atoms with E-state index in [9.17, 15) is 18.0 Å². The standard InChI is InChI=1S/C17H20N2O6S/c1-11-5-3-4-6-13(11)14(9-16(20)21)19-17(22)15-8-7-12(25-15)10-18-26(2,23)24/h3-8,14,18H,9-10H2,1-2H3,(H,19,22)(H,20,21). The van der Waals surface area contributed by atoms with Crippen LogP contribution in [0.5, 0.6) is 0 Å². The van der Waals surface area contributed by atoms with Gasteiger partial charge in [-0.25, -0.2) is 13.1 Å². The molecule has 0 saturated heterocycles. The molecule has 1 aromatic carbocycles. The fraction of sp³-hybridized carbons (Fsp3) is 0.294. The summed E-state index contributed by atoms with van der Waals surface area (Å²) >= 11 is 0. The largest absolute Gasteiger partial charge is 0.481 e. The minimum absolute atomic E-state index is 0.0285. The SMILES string of the molecule is Cc1ccccc1C(CC(=O)O)NC(=O)c1ccc(CNS(C)(=O)=O)o1. The molecule has 26 heavy (non-hydrogen) atoms. The predicted octanol–water partition coefficient (Wildman–Crippen LogP) is 1.58. The van der Waals surface area contributed by atoms with Crippen LogP contribution < -0.4 is 10.0 Å². The Morgan fingerprint density at radius 2 is 1.88 bits per heavy atom. The molecule has 0 bridgehead atoms. The molecule has 2 aromatic rings. The third-order valence-corrected chi connectivity index (χ3v) is 4.31. The molecule has 0 spiro atoms. The zero-order valence-corrected chi connectivity index (χ0v) is 15.2. The Balaban J connectivity index is 2.13. The van der Waals surface area contributed by atoms with Crippen molar-refractivity contribution in [1.82, 2.24) is 10.0 Å². The fourth-order valence-corrected chi connectivity index (χ4v) is 2.82.